The number of benzene rings is 3. The Morgan fingerprint density at radius 3 is 2.42 bits per heavy atom. The van der Waals surface area contributed by atoms with E-state index in [1.807, 2.05) is 78.2 Å². The van der Waals surface area contributed by atoms with E-state index < -0.39 is 0 Å². The van der Waals surface area contributed by atoms with Gasteiger partial charge >= 0.3 is 0 Å². The van der Waals surface area contributed by atoms with Gasteiger partial charge in [0.2, 0.25) is 0 Å². The third-order valence-corrected chi connectivity index (χ3v) is 6.34. The number of hydrogen-bond donors (Lipinski definition) is 1. The highest BCUT2D eigenvalue weighted by atomic mass is 32.2. The molecule has 3 aromatic carbocycles. The van der Waals surface area contributed by atoms with Crippen LogP contribution in [0.3, 0.4) is 0 Å². The fraction of sp³-hybridized carbons (Fsp3) is 0.214. The van der Waals surface area contributed by atoms with Crippen molar-refractivity contribution in [3.8, 4) is 22.8 Å². The number of rotatable bonds is 10. The smallest absolute Gasteiger partial charge is 0.250 e. The van der Waals surface area contributed by atoms with E-state index in [4.69, 9.17) is 4.74 Å². The molecule has 0 aliphatic heterocycles. The van der Waals surface area contributed by atoms with Gasteiger partial charge in [0.1, 0.15) is 5.75 Å². The first-order valence-electron chi connectivity index (χ1n) is 11.8. The molecule has 0 radical (unpaired) electrons. The molecule has 1 N–H and O–H groups in total. The Balaban J connectivity index is 1.46. The molecule has 0 bridgehead atoms. The normalized spacial score (nSPS) is 11.2. The number of carbonyl (C=O) groups excluding carboxylic acids is 1. The van der Waals surface area contributed by atoms with Crippen LogP contribution in [0, 0.1) is 0 Å². The maximum Gasteiger partial charge on any atom is 0.250 e. The third kappa shape index (κ3) is 6.40. The monoisotopic (exact) mass is 499 g/mol. The highest BCUT2D eigenvalue weighted by molar-refractivity contribution is 7.99. The van der Waals surface area contributed by atoms with Crippen molar-refractivity contribution in [3.05, 3.63) is 90.0 Å². The Labute approximate surface area is 215 Å². The fourth-order valence-corrected chi connectivity index (χ4v) is 4.28. The van der Waals surface area contributed by atoms with Crippen LogP contribution in [-0.4, -0.2) is 39.2 Å². The van der Waals surface area contributed by atoms with Crippen molar-refractivity contribution in [2.75, 3.05) is 12.4 Å². The summed E-state index contributed by atoms with van der Waals surface area (Å²) in [5, 5.41) is 13.5. The molecular weight excluding hydrogens is 470 g/mol. The SMILES string of the molecule is CCOc1ccc(-n2c(SCC(=O)NN=Cc3ccc(C(C)C)cc3)nnc2-c2ccccc2)cc1. The Morgan fingerprint density at radius 2 is 1.75 bits per heavy atom. The Kier molecular flexibility index (Phi) is 8.52. The molecule has 0 fully saturated rings. The van der Waals surface area contributed by atoms with Crippen LogP contribution in [0.1, 0.15) is 37.8 Å². The lowest BCUT2D eigenvalue weighted by Gasteiger charge is -2.11. The van der Waals surface area contributed by atoms with Crippen LogP contribution in [0.2, 0.25) is 0 Å². The molecule has 7 nitrogen and oxygen atoms in total. The number of thioether (sulfide) groups is 1. The molecule has 0 unspecified atom stereocenters. The maximum atomic E-state index is 12.5. The molecule has 1 heterocycles. The van der Waals surface area contributed by atoms with Gasteiger partial charge in [0, 0.05) is 11.3 Å². The molecule has 4 rings (SSSR count). The second kappa shape index (κ2) is 12.2. The summed E-state index contributed by atoms with van der Waals surface area (Å²) in [6.45, 7) is 6.86. The van der Waals surface area contributed by atoms with Gasteiger partial charge in [-0.15, -0.1) is 10.2 Å². The highest BCUT2D eigenvalue weighted by Gasteiger charge is 2.17. The molecule has 184 valence electrons. The second-order valence-corrected chi connectivity index (χ2v) is 9.28. The quantitative estimate of drug-likeness (QED) is 0.172. The van der Waals surface area contributed by atoms with Gasteiger partial charge in [0.15, 0.2) is 11.0 Å². The summed E-state index contributed by atoms with van der Waals surface area (Å²) >= 11 is 1.30. The summed E-state index contributed by atoms with van der Waals surface area (Å²) in [6, 6.07) is 25.7. The van der Waals surface area contributed by atoms with Crippen LogP contribution in [-0.2, 0) is 4.79 Å². The van der Waals surface area contributed by atoms with E-state index >= 15 is 0 Å². The van der Waals surface area contributed by atoms with Gasteiger partial charge in [0.25, 0.3) is 5.91 Å². The minimum Gasteiger partial charge on any atom is -0.494 e. The van der Waals surface area contributed by atoms with Crippen molar-refractivity contribution in [1.82, 2.24) is 20.2 Å². The number of amides is 1. The molecule has 0 aliphatic rings. The van der Waals surface area contributed by atoms with E-state index in [-0.39, 0.29) is 11.7 Å². The molecule has 36 heavy (non-hydrogen) atoms. The average molecular weight is 500 g/mol. The van der Waals surface area contributed by atoms with E-state index in [2.05, 4.69) is 46.7 Å². The largest absolute Gasteiger partial charge is 0.494 e. The molecule has 0 aliphatic carbocycles. The summed E-state index contributed by atoms with van der Waals surface area (Å²) in [7, 11) is 0. The van der Waals surface area contributed by atoms with Crippen molar-refractivity contribution >= 4 is 23.9 Å². The van der Waals surface area contributed by atoms with Gasteiger partial charge in [-0.25, -0.2) is 5.43 Å². The number of nitrogens with zero attached hydrogens (tertiary/aromatic N) is 4. The minimum absolute atomic E-state index is 0.146. The minimum atomic E-state index is -0.224. The number of hydrazone groups is 1. The summed E-state index contributed by atoms with van der Waals surface area (Å²) in [5.74, 6) is 1.89. The number of carbonyl (C=O) groups is 1. The zero-order valence-electron chi connectivity index (χ0n) is 20.6. The summed E-state index contributed by atoms with van der Waals surface area (Å²) in [6.07, 6.45) is 1.64. The molecule has 1 amide bonds. The van der Waals surface area contributed by atoms with E-state index in [1.165, 1.54) is 17.3 Å². The van der Waals surface area contributed by atoms with Crippen LogP contribution in [0.15, 0.2) is 89.1 Å². The fourth-order valence-electron chi connectivity index (χ4n) is 3.54. The number of ether oxygens (including phenoxy) is 1. The number of nitrogens with one attached hydrogen (secondary N) is 1. The van der Waals surface area contributed by atoms with Crippen molar-refractivity contribution in [3.63, 3.8) is 0 Å². The van der Waals surface area contributed by atoms with Crippen molar-refractivity contribution in [2.45, 2.75) is 31.8 Å². The Hall–Kier alpha value is -3.91. The van der Waals surface area contributed by atoms with E-state index in [0.29, 0.717) is 23.5 Å². The Morgan fingerprint density at radius 1 is 1.03 bits per heavy atom. The lowest BCUT2D eigenvalue weighted by atomic mass is 10.0. The van der Waals surface area contributed by atoms with Crippen LogP contribution in [0.25, 0.3) is 17.1 Å². The van der Waals surface area contributed by atoms with Crippen molar-refractivity contribution in [2.24, 2.45) is 5.10 Å². The standard InChI is InChI=1S/C28H29N5O2S/c1-4-35-25-16-14-24(15-17-25)33-27(23-8-6-5-7-9-23)31-32-28(33)36-19-26(34)30-29-18-21-10-12-22(13-11-21)20(2)3/h5-18,20H,4,19H2,1-3H3,(H,30,34). The van der Waals surface area contributed by atoms with Gasteiger partial charge in [-0.2, -0.15) is 5.10 Å². The number of hydrogen-bond acceptors (Lipinski definition) is 6. The van der Waals surface area contributed by atoms with Crippen LogP contribution in [0.4, 0.5) is 0 Å². The van der Waals surface area contributed by atoms with Gasteiger partial charge in [-0.05, 0) is 48.2 Å². The van der Waals surface area contributed by atoms with E-state index in [1.54, 1.807) is 6.21 Å². The summed E-state index contributed by atoms with van der Waals surface area (Å²) in [4.78, 5) is 12.5. The lowest BCUT2D eigenvalue weighted by molar-refractivity contribution is -0.118. The first-order chi connectivity index (χ1) is 17.5. The molecule has 8 heteroatoms. The molecule has 0 saturated carbocycles. The first kappa shape index (κ1) is 25.2. The zero-order valence-corrected chi connectivity index (χ0v) is 21.4. The van der Waals surface area contributed by atoms with Crippen LogP contribution < -0.4 is 10.2 Å². The maximum absolute atomic E-state index is 12.5. The zero-order chi connectivity index (χ0) is 25.3. The summed E-state index contributed by atoms with van der Waals surface area (Å²) in [5.41, 5.74) is 6.60. The number of aromatic nitrogens is 3. The van der Waals surface area contributed by atoms with Crippen LogP contribution >= 0.6 is 11.8 Å². The van der Waals surface area contributed by atoms with Gasteiger partial charge < -0.3 is 4.74 Å². The molecule has 1 aromatic heterocycles. The lowest BCUT2D eigenvalue weighted by Crippen LogP contribution is -2.20. The second-order valence-electron chi connectivity index (χ2n) is 8.34. The van der Waals surface area contributed by atoms with E-state index in [0.717, 1.165) is 22.6 Å². The molecule has 0 spiro atoms. The van der Waals surface area contributed by atoms with Gasteiger partial charge in [0.05, 0.1) is 18.6 Å². The predicted molar refractivity (Wildman–Crippen MR) is 145 cm³/mol. The first-order valence-corrected chi connectivity index (χ1v) is 12.8. The molecule has 0 saturated heterocycles. The average Bonchev–Trinajstić information content (AvgIpc) is 3.33. The third-order valence-electron chi connectivity index (χ3n) is 5.41. The van der Waals surface area contributed by atoms with Crippen LogP contribution in [0.5, 0.6) is 5.75 Å². The topological polar surface area (TPSA) is 81.4 Å². The van der Waals surface area contributed by atoms with Gasteiger partial charge in [-0.3, -0.25) is 9.36 Å². The predicted octanol–water partition coefficient (Wildman–Crippen LogP) is 5.70. The molecule has 4 aromatic rings. The molecular formula is C28H29N5O2S. The highest BCUT2D eigenvalue weighted by Crippen LogP contribution is 2.28. The van der Waals surface area contributed by atoms with E-state index in [9.17, 15) is 4.79 Å². The summed E-state index contributed by atoms with van der Waals surface area (Å²) < 4.78 is 7.52. The molecule has 0 atom stereocenters. The Bertz CT molecular complexity index is 1300. The van der Waals surface area contributed by atoms with Crippen molar-refractivity contribution < 1.29 is 9.53 Å². The van der Waals surface area contributed by atoms with Crippen molar-refractivity contribution in [1.29, 1.82) is 0 Å². The van der Waals surface area contributed by atoms with Gasteiger partial charge in [-0.1, -0.05) is 80.2 Å².